The fourth-order valence-electron chi connectivity index (χ4n) is 3.91. The lowest BCUT2D eigenvalue weighted by molar-refractivity contribution is -0.385. The van der Waals surface area contributed by atoms with Crippen molar-refractivity contribution in [2.45, 2.75) is 6.42 Å². The zero-order valence-electron chi connectivity index (χ0n) is 16.4. The zero-order valence-corrected chi connectivity index (χ0v) is 16.4. The van der Waals surface area contributed by atoms with Crippen LogP contribution in [0.5, 0.6) is 0 Å². The van der Waals surface area contributed by atoms with Gasteiger partial charge in [0.25, 0.3) is 5.69 Å². The number of carbonyl (C=O) groups is 2. The molecule has 1 atom stereocenters. The van der Waals surface area contributed by atoms with Crippen molar-refractivity contribution in [2.75, 3.05) is 42.5 Å². The summed E-state index contributed by atoms with van der Waals surface area (Å²) in [4.78, 5) is 44.4. The Hall–Kier alpha value is -3.63. The molecule has 9 nitrogen and oxygen atoms in total. The van der Waals surface area contributed by atoms with E-state index >= 15 is 0 Å². The number of hydrogen-bond acceptors (Lipinski definition) is 6. The number of nitrogens with zero attached hydrogens (tertiary/aromatic N) is 5. The lowest BCUT2D eigenvalue weighted by atomic mass is 10.1. The maximum absolute atomic E-state index is 13.5. The number of carbonyl (C=O) groups excluding carboxylic acids is 2. The second-order valence-electron chi connectivity index (χ2n) is 7.48. The zero-order chi connectivity index (χ0) is 22.1. The number of pyridine rings is 1. The highest BCUT2D eigenvalue weighted by atomic mass is 19.1. The van der Waals surface area contributed by atoms with Crippen LogP contribution in [-0.2, 0) is 9.59 Å². The Morgan fingerprint density at radius 1 is 1.10 bits per heavy atom. The number of hydrogen-bond donors (Lipinski definition) is 0. The molecule has 0 spiro atoms. The molecule has 0 aliphatic carbocycles. The number of anilines is 2. The maximum atomic E-state index is 13.5. The van der Waals surface area contributed by atoms with E-state index in [-0.39, 0.29) is 36.2 Å². The Balaban J connectivity index is 1.36. The fourth-order valence-corrected chi connectivity index (χ4v) is 3.91. The molecule has 2 fully saturated rings. The van der Waals surface area contributed by atoms with Crippen LogP contribution < -0.4 is 9.80 Å². The molecule has 1 unspecified atom stereocenters. The van der Waals surface area contributed by atoms with Gasteiger partial charge in [-0.05, 0) is 18.2 Å². The van der Waals surface area contributed by atoms with Gasteiger partial charge in [-0.25, -0.2) is 13.8 Å². The molecule has 162 valence electrons. The first-order valence-electron chi connectivity index (χ1n) is 9.72. The van der Waals surface area contributed by atoms with Crippen LogP contribution in [0.4, 0.5) is 26.0 Å². The Kier molecular flexibility index (Phi) is 5.49. The summed E-state index contributed by atoms with van der Waals surface area (Å²) >= 11 is 0. The van der Waals surface area contributed by atoms with Gasteiger partial charge in [-0.3, -0.25) is 19.7 Å². The van der Waals surface area contributed by atoms with Gasteiger partial charge >= 0.3 is 0 Å². The van der Waals surface area contributed by atoms with Crippen molar-refractivity contribution in [1.29, 1.82) is 0 Å². The Labute approximate surface area is 176 Å². The van der Waals surface area contributed by atoms with Gasteiger partial charge in [0.05, 0.1) is 10.8 Å². The molecule has 2 aliphatic rings. The van der Waals surface area contributed by atoms with Gasteiger partial charge in [-0.15, -0.1) is 0 Å². The quantitative estimate of drug-likeness (QED) is 0.542. The van der Waals surface area contributed by atoms with Crippen LogP contribution in [0, 0.1) is 27.7 Å². The van der Waals surface area contributed by atoms with Gasteiger partial charge < -0.3 is 14.7 Å². The van der Waals surface area contributed by atoms with E-state index in [1.807, 2.05) is 4.90 Å². The predicted molar refractivity (Wildman–Crippen MR) is 107 cm³/mol. The highest BCUT2D eigenvalue weighted by Crippen LogP contribution is 2.28. The van der Waals surface area contributed by atoms with Crippen LogP contribution in [-0.4, -0.2) is 59.3 Å². The van der Waals surface area contributed by atoms with Crippen LogP contribution in [0.3, 0.4) is 0 Å². The molecule has 2 aliphatic heterocycles. The number of benzene rings is 1. The lowest BCUT2D eigenvalue weighted by Crippen LogP contribution is -2.51. The molecule has 1 aromatic carbocycles. The van der Waals surface area contributed by atoms with Gasteiger partial charge in [-0.1, -0.05) is 0 Å². The summed E-state index contributed by atoms with van der Waals surface area (Å²) < 4.78 is 27.0. The number of piperazine rings is 1. The molecule has 2 aromatic rings. The third-order valence-electron chi connectivity index (χ3n) is 5.49. The predicted octanol–water partition coefficient (Wildman–Crippen LogP) is 1.97. The normalized spacial score (nSPS) is 19.1. The molecular formula is C20H19F2N5O4. The van der Waals surface area contributed by atoms with E-state index in [9.17, 15) is 28.5 Å². The number of aromatic nitrogens is 1. The molecule has 0 saturated carbocycles. The molecule has 0 N–H and O–H groups in total. The van der Waals surface area contributed by atoms with Crippen LogP contribution in [0.2, 0.25) is 0 Å². The molecule has 2 amide bonds. The third-order valence-corrected chi connectivity index (χ3v) is 5.49. The summed E-state index contributed by atoms with van der Waals surface area (Å²) in [5.74, 6) is -2.08. The van der Waals surface area contributed by atoms with Crippen LogP contribution in [0.15, 0.2) is 36.5 Å². The molecule has 1 aromatic heterocycles. The molecule has 31 heavy (non-hydrogen) atoms. The van der Waals surface area contributed by atoms with Crippen molar-refractivity contribution in [3.8, 4) is 0 Å². The highest BCUT2D eigenvalue weighted by Gasteiger charge is 2.38. The van der Waals surface area contributed by atoms with Gasteiger partial charge in [-0.2, -0.15) is 0 Å². The second-order valence-corrected chi connectivity index (χ2v) is 7.48. The average molecular weight is 431 g/mol. The second kappa shape index (κ2) is 8.25. The highest BCUT2D eigenvalue weighted by molar-refractivity contribution is 6.00. The first kappa shape index (κ1) is 20.6. The van der Waals surface area contributed by atoms with Crippen molar-refractivity contribution in [3.05, 3.63) is 58.3 Å². The van der Waals surface area contributed by atoms with Gasteiger partial charge in [0.2, 0.25) is 11.8 Å². The first-order valence-corrected chi connectivity index (χ1v) is 9.72. The first-order chi connectivity index (χ1) is 14.8. The molecule has 4 rings (SSSR count). The fraction of sp³-hybridized carbons (Fsp3) is 0.350. The van der Waals surface area contributed by atoms with E-state index in [1.54, 1.807) is 11.0 Å². The average Bonchev–Trinajstić information content (AvgIpc) is 3.14. The Morgan fingerprint density at radius 2 is 1.77 bits per heavy atom. The van der Waals surface area contributed by atoms with Crippen LogP contribution in [0.25, 0.3) is 0 Å². The Bertz CT molecular complexity index is 1000. The van der Waals surface area contributed by atoms with E-state index in [4.69, 9.17) is 0 Å². The standard InChI is InChI=1S/C20H19F2N5O4/c21-14-8-15(22)10-17(9-14)26-12-13(7-19(26)28)20(29)25-5-3-24(4-6-25)18-2-1-16(11-23-18)27(30)31/h1-2,8-11,13H,3-7,12H2. The minimum atomic E-state index is -0.784. The SMILES string of the molecule is O=C(C1CC(=O)N(c2cc(F)cc(F)c2)C1)N1CCN(c2ccc([N+](=O)[O-])cn2)CC1. The van der Waals surface area contributed by atoms with E-state index in [0.29, 0.717) is 32.0 Å². The van der Waals surface area contributed by atoms with E-state index in [0.717, 1.165) is 18.2 Å². The summed E-state index contributed by atoms with van der Waals surface area (Å²) in [6.45, 7) is 1.89. The monoisotopic (exact) mass is 431 g/mol. The molecule has 2 saturated heterocycles. The Morgan fingerprint density at radius 3 is 2.35 bits per heavy atom. The smallest absolute Gasteiger partial charge is 0.287 e. The molecule has 0 bridgehead atoms. The van der Waals surface area contributed by atoms with E-state index in [2.05, 4.69) is 4.98 Å². The van der Waals surface area contributed by atoms with Gasteiger partial charge in [0.1, 0.15) is 23.6 Å². The van der Waals surface area contributed by atoms with Crippen molar-refractivity contribution in [2.24, 2.45) is 5.92 Å². The van der Waals surface area contributed by atoms with Crippen molar-refractivity contribution in [3.63, 3.8) is 0 Å². The summed E-state index contributed by atoms with van der Waals surface area (Å²) in [6, 6.07) is 5.83. The number of rotatable bonds is 4. The van der Waals surface area contributed by atoms with Crippen molar-refractivity contribution in [1.82, 2.24) is 9.88 Å². The number of amides is 2. The third kappa shape index (κ3) is 4.30. The van der Waals surface area contributed by atoms with Crippen molar-refractivity contribution >= 4 is 29.0 Å². The minimum absolute atomic E-state index is 0.0128. The molecule has 0 radical (unpaired) electrons. The number of nitro groups is 1. The summed E-state index contributed by atoms with van der Waals surface area (Å²) in [5, 5.41) is 10.7. The lowest BCUT2D eigenvalue weighted by Gasteiger charge is -2.36. The van der Waals surface area contributed by atoms with E-state index in [1.165, 1.54) is 17.2 Å². The van der Waals surface area contributed by atoms with Crippen LogP contribution in [0.1, 0.15) is 6.42 Å². The summed E-state index contributed by atoms with van der Waals surface area (Å²) in [7, 11) is 0. The molecular weight excluding hydrogens is 412 g/mol. The van der Waals surface area contributed by atoms with Crippen LogP contribution >= 0.6 is 0 Å². The van der Waals surface area contributed by atoms with Gasteiger partial charge in [0, 0.05) is 57.0 Å². The maximum Gasteiger partial charge on any atom is 0.287 e. The summed E-state index contributed by atoms with van der Waals surface area (Å²) in [5.41, 5.74) is 0.0121. The number of halogens is 2. The summed E-state index contributed by atoms with van der Waals surface area (Å²) in [6.07, 6.45) is 1.18. The topological polar surface area (TPSA) is 99.9 Å². The largest absolute Gasteiger partial charge is 0.353 e. The van der Waals surface area contributed by atoms with E-state index < -0.39 is 22.5 Å². The van der Waals surface area contributed by atoms with Gasteiger partial charge in [0.15, 0.2) is 0 Å². The molecule has 11 heteroatoms. The van der Waals surface area contributed by atoms with Crippen molar-refractivity contribution < 1.29 is 23.3 Å². The minimum Gasteiger partial charge on any atom is -0.353 e. The molecule has 3 heterocycles.